The van der Waals surface area contributed by atoms with E-state index in [0.717, 1.165) is 11.3 Å². The molecule has 0 spiro atoms. The van der Waals surface area contributed by atoms with Crippen molar-refractivity contribution in [2.45, 2.75) is 6.92 Å². The summed E-state index contributed by atoms with van der Waals surface area (Å²) >= 11 is 0. The van der Waals surface area contributed by atoms with Crippen LogP contribution in [-0.4, -0.2) is 20.1 Å². The van der Waals surface area contributed by atoms with Gasteiger partial charge in [-0.25, -0.2) is 0 Å². The Morgan fingerprint density at radius 3 is 2.69 bits per heavy atom. The molecule has 0 aliphatic heterocycles. The molecule has 0 heterocycles. The molecule has 1 aromatic carbocycles. The number of ether oxygens (including phenoxy) is 1. The van der Waals surface area contributed by atoms with Crippen molar-refractivity contribution in [3.05, 3.63) is 29.3 Å². The lowest BCUT2D eigenvalue weighted by Gasteiger charge is -2.08. The van der Waals surface area contributed by atoms with E-state index in [2.05, 4.69) is 5.32 Å². The maximum atomic E-state index is 11.3. The van der Waals surface area contributed by atoms with Crippen LogP contribution in [0.15, 0.2) is 18.2 Å². The Kier molecular flexibility index (Phi) is 2.90. The van der Waals surface area contributed by atoms with Crippen molar-refractivity contribution in [2.24, 2.45) is 0 Å². The fourth-order valence-corrected chi connectivity index (χ4v) is 1.22. The third kappa shape index (κ3) is 1.80. The van der Waals surface area contributed by atoms with E-state index in [9.17, 15) is 4.79 Å². The Morgan fingerprint density at radius 2 is 2.15 bits per heavy atom. The summed E-state index contributed by atoms with van der Waals surface area (Å²) in [7, 11) is 3.21. The van der Waals surface area contributed by atoms with E-state index in [0.29, 0.717) is 5.56 Å². The number of rotatable bonds is 2. The van der Waals surface area contributed by atoms with Crippen molar-refractivity contribution in [3.63, 3.8) is 0 Å². The van der Waals surface area contributed by atoms with E-state index >= 15 is 0 Å². The third-order valence-electron chi connectivity index (χ3n) is 1.98. The second kappa shape index (κ2) is 3.94. The molecule has 0 unspecified atom stereocenters. The molecule has 13 heavy (non-hydrogen) atoms. The van der Waals surface area contributed by atoms with Crippen molar-refractivity contribution in [3.8, 4) is 5.75 Å². The van der Waals surface area contributed by atoms with Crippen LogP contribution >= 0.6 is 0 Å². The van der Waals surface area contributed by atoms with Gasteiger partial charge >= 0.3 is 0 Å². The molecule has 0 radical (unpaired) electrons. The molecule has 0 atom stereocenters. The lowest BCUT2D eigenvalue weighted by molar-refractivity contribution is 0.0962. The molecule has 0 aromatic heterocycles. The summed E-state index contributed by atoms with van der Waals surface area (Å²) in [4.78, 5) is 11.3. The predicted octanol–water partition coefficient (Wildman–Crippen LogP) is 1.36. The quantitative estimate of drug-likeness (QED) is 0.744. The van der Waals surface area contributed by atoms with Crippen LogP contribution in [0.1, 0.15) is 15.9 Å². The van der Waals surface area contributed by atoms with E-state index in [1.54, 1.807) is 26.3 Å². The predicted molar refractivity (Wildman–Crippen MR) is 51.1 cm³/mol. The number of carbonyl (C=O) groups is 1. The van der Waals surface area contributed by atoms with Crippen molar-refractivity contribution >= 4 is 5.91 Å². The average molecular weight is 179 g/mol. The fourth-order valence-electron chi connectivity index (χ4n) is 1.22. The summed E-state index contributed by atoms with van der Waals surface area (Å²) in [5.74, 6) is 0.650. The Balaban J connectivity index is 3.15. The molecule has 3 nitrogen and oxygen atoms in total. The van der Waals surface area contributed by atoms with Gasteiger partial charge in [-0.15, -0.1) is 0 Å². The first kappa shape index (κ1) is 9.58. The first-order valence-corrected chi connectivity index (χ1v) is 4.06. The summed E-state index contributed by atoms with van der Waals surface area (Å²) < 4.78 is 5.10. The van der Waals surface area contributed by atoms with Gasteiger partial charge in [0.05, 0.1) is 7.11 Å². The number of hydrogen-bond acceptors (Lipinski definition) is 2. The second-order valence-corrected chi connectivity index (χ2v) is 2.71. The highest BCUT2D eigenvalue weighted by atomic mass is 16.5. The van der Waals surface area contributed by atoms with Crippen LogP contribution in [0.5, 0.6) is 5.75 Å². The van der Waals surface area contributed by atoms with Crippen LogP contribution in [0.3, 0.4) is 0 Å². The van der Waals surface area contributed by atoms with Crippen LogP contribution in [0.25, 0.3) is 0 Å². The van der Waals surface area contributed by atoms with Crippen LogP contribution in [0.4, 0.5) is 0 Å². The summed E-state index contributed by atoms with van der Waals surface area (Å²) in [6.45, 7) is 1.86. The van der Waals surface area contributed by atoms with Gasteiger partial charge in [0.25, 0.3) is 5.91 Å². The normalized spacial score (nSPS) is 9.46. The molecule has 0 aliphatic rings. The van der Waals surface area contributed by atoms with Gasteiger partial charge in [-0.05, 0) is 19.1 Å². The molecule has 1 N–H and O–H groups in total. The SMILES string of the molecule is CNC(=O)c1cccc(OC)c1C. The minimum Gasteiger partial charge on any atom is -0.496 e. The molecule has 3 heteroatoms. The average Bonchev–Trinajstić information content (AvgIpc) is 2.17. The molecule has 0 saturated carbocycles. The van der Waals surface area contributed by atoms with E-state index in [1.165, 1.54) is 0 Å². The highest BCUT2D eigenvalue weighted by molar-refractivity contribution is 5.96. The minimum atomic E-state index is -0.0867. The number of amides is 1. The highest BCUT2D eigenvalue weighted by Gasteiger charge is 2.09. The zero-order valence-corrected chi connectivity index (χ0v) is 8.05. The maximum absolute atomic E-state index is 11.3. The Bertz CT molecular complexity index is 321. The zero-order chi connectivity index (χ0) is 9.84. The maximum Gasteiger partial charge on any atom is 0.251 e. The topological polar surface area (TPSA) is 38.3 Å². The van der Waals surface area contributed by atoms with Crippen molar-refractivity contribution in [2.75, 3.05) is 14.2 Å². The van der Waals surface area contributed by atoms with Gasteiger partial charge in [0.15, 0.2) is 0 Å². The van der Waals surface area contributed by atoms with Crippen LogP contribution in [-0.2, 0) is 0 Å². The van der Waals surface area contributed by atoms with E-state index in [4.69, 9.17) is 4.74 Å². The van der Waals surface area contributed by atoms with Crippen molar-refractivity contribution in [1.29, 1.82) is 0 Å². The van der Waals surface area contributed by atoms with E-state index in [1.807, 2.05) is 13.0 Å². The van der Waals surface area contributed by atoms with Crippen molar-refractivity contribution in [1.82, 2.24) is 5.32 Å². The van der Waals surface area contributed by atoms with Gasteiger partial charge in [-0.1, -0.05) is 6.07 Å². The van der Waals surface area contributed by atoms with Crippen LogP contribution in [0.2, 0.25) is 0 Å². The Morgan fingerprint density at radius 1 is 1.46 bits per heavy atom. The fraction of sp³-hybridized carbons (Fsp3) is 0.300. The summed E-state index contributed by atoms with van der Waals surface area (Å²) in [5, 5.41) is 2.58. The molecular weight excluding hydrogens is 166 g/mol. The molecule has 1 aromatic rings. The third-order valence-corrected chi connectivity index (χ3v) is 1.98. The molecule has 0 fully saturated rings. The standard InChI is InChI=1S/C10H13NO2/c1-7-8(10(12)11-2)5-4-6-9(7)13-3/h4-6H,1-3H3,(H,11,12). The molecule has 1 amide bonds. The van der Waals surface area contributed by atoms with Crippen LogP contribution < -0.4 is 10.1 Å². The molecule has 0 aliphatic carbocycles. The van der Waals surface area contributed by atoms with E-state index in [-0.39, 0.29) is 5.91 Å². The molecule has 70 valence electrons. The smallest absolute Gasteiger partial charge is 0.251 e. The van der Waals surface area contributed by atoms with Gasteiger partial charge in [0, 0.05) is 18.2 Å². The molecule has 0 saturated heterocycles. The number of benzene rings is 1. The summed E-state index contributed by atoms with van der Waals surface area (Å²) in [5.41, 5.74) is 1.52. The zero-order valence-electron chi connectivity index (χ0n) is 8.05. The lowest BCUT2D eigenvalue weighted by Crippen LogP contribution is -2.19. The summed E-state index contributed by atoms with van der Waals surface area (Å²) in [6.07, 6.45) is 0. The first-order valence-electron chi connectivity index (χ1n) is 4.06. The molecular formula is C10H13NO2. The van der Waals surface area contributed by atoms with E-state index < -0.39 is 0 Å². The molecule has 1 rings (SSSR count). The number of nitrogens with one attached hydrogen (secondary N) is 1. The molecule has 0 bridgehead atoms. The Hall–Kier alpha value is -1.51. The lowest BCUT2D eigenvalue weighted by atomic mass is 10.1. The Labute approximate surface area is 77.7 Å². The number of hydrogen-bond donors (Lipinski definition) is 1. The largest absolute Gasteiger partial charge is 0.496 e. The second-order valence-electron chi connectivity index (χ2n) is 2.71. The monoisotopic (exact) mass is 179 g/mol. The first-order chi connectivity index (χ1) is 6.20. The van der Waals surface area contributed by atoms with Gasteiger partial charge in [-0.2, -0.15) is 0 Å². The summed E-state index contributed by atoms with van der Waals surface area (Å²) in [6, 6.07) is 5.41. The minimum absolute atomic E-state index is 0.0867. The number of methoxy groups -OCH3 is 1. The van der Waals surface area contributed by atoms with Gasteiger partial charge in [-0.3, -0.25) is 4.79 Å². The highest BCUT2D eigenvalue weighted by Crippen LogP contribution is 2.20. The number of carbonyl (C=O) groups excluding carboxylic acids is 1. The van der Waals surface area contributed by atoms with Gasteiger partial charge in [0.1, 0.15) is 5.75 Å². The van der Waals surface area contributed by atoms with Gasteiger partial charge in [0.2, 0.25) is 0 Å². The van der Waals surface area contributed by atoms with Gasteiger partial charge < -0.3 is 10.1 Å². The van der Waals surface area contributed by atoms with Crippen molar-refractivity contribution < 1.29 is 9.53 Å². The van der Waals surface area contributed by atoms with Crippen LogP contribution in [0, 0.1) is 6.92 Å².